The molecule has 3 rings (SSSR count). The molecule has 2 atom stereocenters. The van der Waals surface area contributed by atoms with Crippen molar-refractivity contribution >= 4 is 34.1 Å². The number of aryl methyl sites for hydroxylation is 1. The van der Waals surface area contributed by atoms with Gasteiger partial charge >= 0.3 is 5.97 Å². The van der Waals surface area contributed by atoms with Crippen molar-refractivity contribution in [3.8, 4) is 0 Å². The van der Waals surface area contributed by atoms with Gasteiger partial charge in [0.1, 0.15) is 0 Å². The number of carbonyl (C=O) groups is 3. The van der Waals surface area contributed by atoms with Crippen LogP contribution in [0.2, 0.25) is 0 Å². The van der Waals surface area contributed by atoms with Gasteiger partial charge in [0.2, 0.25) is 0 Å². The van der Waals surface area contributed by atoms with Gasteiger partial charge < -0.3 is 19.7 Å². The summed E-state index contributed by atoms with van der Waals surface area (Å²) in [5.41, 5.74) is 0.750. The highest BCUT2D eigenvalue weighted by Crippen LogP contribution is 2.30. The molecule has 2 amide bonds. The molecule has 1 aliphatic rings. The third-order valence-electron chi connectivity index (χ3n) is 4.39. The second kappa shape index (κ2) is 7.33. The molecule has 2 N–H and O–H groups in total. The van der Waals surface area contributed by atoms with E-state index in [-0.39, 0.29) is 30.0 Å². The molecule has 0 aromatic carbocycles. The van der Waals surface area contributed by atoms with Crippen LogP contribution in [0.15, 0.2) is 28.9 Å². The summed E-state index contributed by atoms with van der Waals surface area (Å²) in [5.74, 6) is -1.66. The fourth-order valence-electron chi connectivity index (χ4n) is 3.18. The lowest BCUT2D eigenvalue weighted by atomic mass is 9.90. The molecule has 2 aromatic rings. The Hall–Kier alpha value is -2.61. The van der Waals surface area contributed by atoms with Gasteiger partial charge in [-0.05, 0) is 43.0 Å². The van der Waals surface area contributed by atoms with Crippen LogP contribution in [-0.2, 0) is 4.79 Å². The van der Waals surface area contributed by atoms with Crippen molar-refractivity contribution in [3.05, 3.63) is 40.7 Å². The number of carboxylic acids is 1. The number of piperidine rings is 1. The van der Waals surface area contributed by atoms with Crippen LogP contribution >= 0.6 is 11.3 Å². The molecule has 0 bridgehead atoms. The highest BCUT2D eigenvalue weighted by atomic mass is 32.1. The molecule has 0 radical (unpaired) electrons. The molecule has 26 heavy (non-hydrogen) atoms. The predicted molar refractivity (Wildman–Crippen MR) is 96.5 cm³/mol. The predicted octanol–water partition coefficient (Wildman–Crippen LogP) is 3.08. The average molecular weight is 376 g/mol. The molecule has 0 aliphatic carbocycles. The van der Waals surface area contributed by atoms with Gasteiger partial charge in [-0.3, -0.25) is 14.4 Å². The van der Waals surface area contributed by atoms with Gasteiger partial charge in [-0.25, -0.2) is 0 Å². The van der Waals surface area contributed by atoms with E-state index in [4.69, 9.17) is 4.42 Å². The summed E-state index contributed by atoms with van der Waals surface area (Å²) in [6.45, 7) is 4.50. The number of furan rings is 1. The van der Waals surface area contributed by atoms with Gasteiger partial charge in [0, 0.05) is 13.1 Å². The summed E-state index contributed by atoms with van der Waals surface area (Å²) >= 11 is 1.19. The van der Waals surface area contributed by atoms with Crippen molar-refractivity contribution in [1.29, 1.82) is 0 Å². The number of likely N-dealkylation sites (tertiary alicyclic amines) is 1. The molecule has 7 nitrogen and oxygen atoms in total. The maximum Gasteiger partial charge on any atom is 0.308 e. The fourth-order valence-corrected chi connectivity index (χ4v) is 4.21. The first kappa shape index (κ1) is 18.2. The Kier molecular flexibility index (Phi) is 5.13. The second-order valence-corrected chi connectivity index (χ2v) is 7.69. The molecule has 138 valence electrons. The topological polar surface area (TPSA) is 99.9 Å². The first-order valence-electron chi connectivity index (χ1n) is 8.32. The lowest BCUT2D eigenvalue weighted by Crippen LogP contribution is -2.45. The molecule has 0 spiro atoms. The molecule has 1 saturated heterocycles. The van der Waals surface area contributed by atoms with Gasteiger partial charge in [0.25, 0.3) is 11.8 Å². The zero-order valence-corrected chi connectivity index (χ0v) is 15.3. The molecule has 2 unspecified atom stereocenters. The summed E-state index contributed by atoms with van der Waals surface area (Å²) in [7, 11) is 0. The van der Waals surface area contributed by atoms with E-state index in [0.717, 1.165) is 5.56 Å². The zero-order valence-electron chi connectivity index (χ0n) is 14.5. The van der Waals surface area contributed by atoms with Crippen LogP contribution in [0.3, 0.4) is 0 Å². The van der Waals surface area contributed by atoms with E-state index in [1.807, 2.05) is 6.92 Å². The standard InChI is InChI=1S/C18H20N2O5S/c1-10-6-12(18(23)24)9-20(8-10)17(22)15-11(2)7-14(26-15)19-16(21)13-4-3-5-25-13/h3-5,7,10,12H,6,8-9H2,1-2H3,(H,19,21)(H,23,24). The molecule has 8 heteroatoms. The summed E-state index contributed by atoms with van der Waals surface area (Å²) in [5, 5.41) is 12.6. The Morgan fingerprint density at radius 3 is 2.77 bits per heavy atom. The first-order chi connectivity index (χ1) is 12.3. The van der Waals surface area contributed by atoms with Crippen molar-refractivity contribution in [3.63, 3.8) is 0 Å². The van der Waals surface area contributed by atoms with Crippen LogP contribution in [0.25, 0.3) is 0 Å². The summed E-state index contributed by atoms with van der Waals surface area (Å²) < 4.78 is 5.05. The number of thiophene rings is 1. The van der Waals surface area contributed by atoms with Crippen LogP contribution in [0.1, 0.15) is 39.1 Å². The van der Waals surface area contributed by atoms with Crippen LogP contribution in [0.4, 0.5) is 5.00 Å². The number of carbonyl (C=O) groups excluding carboxylic acids is 2. The van der Waals surface area contributed by atoms with E-state index in [1.165, 1.54) is 17.6 Å². The zero-order chi connectivity index (χ0) is 18.8. The quantitative estimate of drug-likeness (QED) is 0.854. The molecule has 1 aliphatic heterocycles. The van der Waals surface area contributed by atoms with Crippen LogP contribution in [-0.4, -0.2) is 40.9 Å². The van der Waals surface area contributed by atoms with Gasteiger partial charge in [-0.2, -0.15) is 0 Å². The van der Waals surface area contributed by atoms with E-state index >= 15 is 0 Å². The smallest absolute Gasteiger partial charge is 0.308 e. The minimum Gasteiger partial charge on any atom is -0.481 e. The number of hydrogen-bond acceptors (Lipinski definition) is 5. The van der Waals surface area contributed by atoms with E-state index in [1.54, 1.807) is 30.0 Å². The molecule has 2 aromatic heterocycles. The number of nitrogens with zero attached hydrogens (tertiary/aromatic N) is 1. The minimum atomic E-state index is -0.872. The minimum absolute atomic E-state index is 0.132. The van der Waals surface area contributed by atoms with Crippen LogP contribution < -0.4 is 5.32 Å². The Morgan fingerprint density at radius 1 is 1.35 bits per heavy atom. The maximum atomic E-state index is 12.9. The first-order valence-corrected chi connectivity index (χ1v) is 9.14. The van der Waals surface area contributed by atoms with Crippen molar-refractivity contribution in [2.45, 2.75) is 20.3 Å². The summed E-state index contributed by atoms with van der Waals surface area (Å²) in [4.78, 5) is 38.4. The van der Waals surface area contributed by atoms with E-state index < -0.39 is 11.9 Å². The largest absolute Gasteiger partial charge is 0.481 e. The lowest BCUT2D eigenvalue weighted by molar-refractivity contribution is -0.143. The third kappa shape index (κ3) is 3.80. The van der Waals surface area contributed by atoms with Crippen molar-refractivity contribution in [2.24, 2.45) is 11.8 Å². The highest BCUT2D eigenvalue weighted by Gasteiger charge is 2.33. The molecule has 0 saturated carbocycles. The SMILES string of the molecule is Cc1cc(NC(=O)c2ccco2)sc1C(=O)N1CC(C)CC(C(=O)O)C1. The van der Waals surface area contributed by atoms with E-state index in [2.05, 4.69) is 5.32 Å². The number of amides is 2. The maximum absolute atomic E-state index is 12.9. The van der Waals surface area contributed by atoms with Gasteiger partial charge in [-0.1, -0.05) is 6.92 Å². The Bertz CT molecular complexity index is 827. The molecular weight excluding hydrogens is 356 g/mol. The molecule has 3 heterocycles. The third-order valence-corrected chi connectivity index (χ3v) is 5.53. The summed E-state index contributed by atoms with van der Waals surface area (Å²) in [6, 6.07) is 4.92. The summed E-state index contributed by atoms with van der Waals surface area (Å²) in [6.07, 6.45) is 1.99. The Labute approximate surface area is 154 Å². The fraction of sp³-hybridized carbons (Fsp3) is 0.389. The van der Waals surface area contributed by atoms with Crippen molar-refractivity contribution in [1.82, 2.24) is 4.90 Å². The van der Waals surface area contributed by atoms with Gasteiger partial charge in [0.05, 0.1) is 22.1 Å². The van der Waals surface area contributed by atoms with Gasteiger partial charge in [-0.15, -0.1) is 11.3 Å². The number of rotatable bonds is 4. The average Bonchev–Trinajstić information content (AvgIpc) is 3.23. The van der Waals surface area contributed by atoms with Crippen LogP contribution in [0, 0.1) is 18.8 Å². The number of aliphatic carboxylic acids is 1. The van der Waals surface area contributed by atoms with Crippen molar-refractivity contribution < 1.29 is 23.9 Å². The number of anilines is 1. The monoisotopic (exact) mass is 376 g/mol. The van der Waals surface area contributed by atoms with E-state index in [0.29, 0.717) is 22.8 Å². The van der Waals surface area contributed by atoms with E-state index in [9.17, 15) is 19.5 Å². The Morgan fingerprint density at radius 2 is 2.12 bits per heavy atom. The molecule has 1 fully saturated rings. The number of nitrogens with one attached hydrogen (secondary N) is 1. The number of carboxylic acid groups (broad SMARTS) is 1. The Balaban J connectivity index is 1.74. The number of hydrogen-bond donors (Lipinski definition) is 2. The highest BCUT2D eigenvalue weighted by molar-refractivity contribution is 7.18. The molecular formula is C18H20N2O5S. The van der Waals surface area contributed by atoms with Gasteiger partial charge in [0.15, 0.2) is 5.76 Å². The second-order valence-electron chi connectivity index (χ2n) is 6.64. The van der Waals surface area contributed by atoms with Crippen molar-refractivity contribution in [2.75, 3.05) is 18.4 Å². The normalized spacial score (nSPS) is 20.0. The van der Waals surface area contributed by atoms with Crippen LogP contribution in [0.5, 0.6) is 0 Å². The lowest BCUT2D eigenvalue weighted by Gasteiger charge is -2.34.